The van der Waals surface area contributed by atoms with Crippen molar-refractivity contribution in [3.63, 3.8) is 0 Å². The van der Waals surface area contributed by atoms with E-state index in [9.17, 15) is 23.1 Å². The topological polar surface area (TPSA) is 89.0 Å². The lowest BCUT2D eigenvalue weighted by molar-refractivity contribution is -0.137. The van der Waals surface area contributed by atoms with Gasteiger partial charge in [-0.05, 0) is 19.9 Å². The third kappa shape index (κ3) is 3.12. The first-order chi connectivity index (χ1) is 11.2. The van der Waals surface area contributed by atoms with Crippen LogP contribution in [0.5, 0.6) is 5.75 Å². The van der Waals surface area contributed by atoms with Crippen LogP contribution in [0.25, 0.3) is 11.3 Å². The highest BCUT2D eigenvalue weighted by molar-refractivity contribution is 6.01. The number of H-pyrrole nitrogens is 1. The highest BCUT2D eigenvalue weighted by Gasteiger charge is 2.34. The maximum absolute atomic E-state index is 13.2. The molecule has 0 bridgehead atoms. The Morgan fingerprint density at radius 3 is 2.50 bits per heavy atom. The van der Waals surface area contributed by atoms with Crippen LogP contribution in [0, 0.1) is 5.41 Å². The maximum Gasteiger partial charge on any atom is 0.417 e. The van der Waals surface area contributed by atoms with Crippen molar-refractivity contribution in [2.75, 3.05) is 11.9 Å². The Morgan fingerprint density at radius 2 is 1.96 bits per heavy atom. The molecule has 1 heterocycles. The van der Waals surface area contributed by atoms with E-state index in [-0.39, 0.29) is 28.4 Å². The second-order valence-corrected chi connectivity index (χ2v) is 5.13. The summed E-state index contributed by atoms with van der Waals surface area (Å²) in [4.78, 5) is 15.0. The molecule has 4 N–H and O–H groups in total. The van der Waals surface area contributed by atoms with Crippen LogP contribution in [0.4, 0.5) is 19.0 Å². The number of halogens is 3. The number of anilines is 1. The van der Waals surface area contributed by atoms with Crippen molar-refractivity contribution in [1.82, 2.24) is 4.98 Å². The van der Waals surface area contributed by atoms with Crippen LogP contribution in [0.15, 0.2) is 29.1 Å². The number of aromatic amines is 1. The van der Waals surface area contributed by atoms with E-state index in [4.69, 9.17) is 5.41 Å². The van der Waals surface area contributed by atoms with E-state index in [1.807, 2.05) is 0 Å². The first-order valence-electron chi connectivity index (χ1n) is 7.13. The SMILES string of the molecule is CCNc1[nH]c(-c2ccccc2C(F)(F)F)c(O)c(=O)c1C(C)=N. The molecule has 0 saturated carbocycles. The second-order valence-electron chi connectivity index (χ2n) is 5.13. The number of alkyl halides is 3. The predicted octanol–water partition coefficient (Wildman–Crippen LogP) is 3.59. The zero-order valence-electron chi connectivity index (χ0n) is 13.0. The monoisotopic (exact) mass is 339 g/mol. The molecule has 0 amide bonds. The Balaban J connectivity index is 2.83. The van der Waals surface area contributed by atoms with E-state index < -0.39 is 22.9 Å². The van der Waals surface area contributed by atoms with Crippen molar-refractivity contribution in [3.05, 3.63) is 45.6 Å². The van der Waals surface area contributed by atoms with Crippen LogP contribution in [-0.4, -0.2) is 22.3 Å². The standard InChI is InChI=1S/C16H16F3N3O2/c1-3-21-15-11(8(2)20)13(23)14(24)12(22-15)9-6-4-5-7-10(9)16(17,18)19/h4-7,20,24H,3H2,1-2H3,(H2,21,22,23). The van der Waals surface area contributed by atoms with Crippen LogP contribution in [-0.2, 0) is 6.18 Å². The molecule has 0 aliphatic carbocycles. The molecule has 0 fully saturated rings. The molecule has 2 aromatic rings. The smallest absolute Gasteiger partial charge is 0.417 e. The Morgan fingerprint density at radius 1 is 1.33 bits per heavy atom. The van der Waals surface area contributed by atoms with Gasteiger partial charge in [-0.2, -0.15) is 13.2 Å². The highest BCUT2D eigenvalue weighted by Crippen LogP contribution is 2.38. The number of nitrogens with one attached hydrogen (secondary N) is 3. The number of benzene rings is 1. The predicted molar refractivity (Wildman–Crippen MR) is 85.8 cm³/mol. The number of aromatic hydroxyl groups is 1. The zero-order chi connectivity index (χ0) is 18.1. The molecular formula is C16H16F3N3O2. The summed E-state index contributed by atoms with van der Waals surface area (Å²) >= 11 is 0. The largest absolute Gasteiger partial charge is 0.503 e. The lowest BCUT2D eigenvalue weighted by Crippen LogP contribution is -2.19. The minimum Gasteiger partial charge on any atom is -0.503 e. The van der Waals surface area contributed by atoms with Crippen LogP contribution < -0.4 is 10.7 Å². The summed E-state index contributed by atoms with van der Waals surface area (Å²) in [5, 5.41) is 20.6. The molecule has 2 rings (SSSR count). The average molecular weight is 339 g/mol. The summed E-state index contributed by atoms with van der Waals surface area (Å²) in [7, 11) is 0. The van der Waals surface area contributed by atoms with E-state index in [2.05, 4.69) is 10.3 Å². The summed E-state index contributed by atoms with van der Waals surface area (Å²) < 4.78 is 39.6. The van der Waals surface area contributed by atoms with Crippen LogP contribution in [0.2, 0.25) is 0 Å². The molecule has 0 aliphatic heterocycles. The van der Waals surface area contributed by atoms with Crippen molar-refractivity contribution >= 4 is 11.5 Å². The second kappa shape index (κ2) is 6.38. The fraction of sp³-hybridized carbons (Fsp3) is 0.250. The van der Waals surface area contributed by atoms with Gasteiger partial charge in [0.15, 0.2) is 5.75 Å². The van der Waals surface area contributed by atoms with Gasteiger partial charge in [-0.1, -0.05) is 18.2 Å². The van der Waals surface area contributed by atoms with Gasteiger partial charge in [-0.15, -0.1) is 0 Å². The van der Waals surface area contributed by atoms with Crippen LogP contribution in [0.1, 0.15) is 25.0 Å². The summed E-state index contributed by atoms with van der Waals surface area (Å²) in [5.41, 5.74) is -2.77. The molecule has 0 spiro atoms. The van der Waals surface area contributed by atoms with E-state index in [1.54, 1.807) is 6.92 Å². The Kier molecular flexibility index (Phi) is 4.68. The van der Waals surface area contributed by atoms with Crippen molar-refractivity contribution < 1.29 is 18.3 Å². The Labute approximate surface area is 135 Å². The summed E-state index contributed by atoms with van der Waals surface area (Å²) in [6.07, 6.45) is -4.64. The van der Waals surface area contributed by atoms with Crippen LogP contribution in [0.3, 0.4) is 0 Å². The number of hydrogen-bond acceptors (Lipinski definition) is 4. The third-order valence-electron chi connectivity index (χ3n) is 3.41. The Hall–Kier alpha value is -2.77. The van der Waals surface area contributed by atoms with E-state index in [0.717, 1.165) is 6.07 Å². The third-order valence-corrected chi connectivity index (χ3v) is 3.41. The molecule has 0 atom stereocenters. The van der Waals surface area contributed by atoms with Crippen molar-refractivity contribution in [2.45, 2.75) is 20.0 Å². The minimum atomic E-state index is -4.64. The molecule has 0 saturated heterocycles. The van der Waals surface area contributed by atoms with Gasteiger partial charge in [0.05, 0.1) is 16.8 Å². The number of pyridine rings is 1. The van der Waals surface area contributed by atoms with E-state index >= 15 is 0 Å². The van der Waals surface area contributed by atoms with Gasteiger partial charge in [0.1, 0.15) is 5.82 Å². The van der Waals surface area contributed by atoms with Gasteiger partial charge in [0.25, 0.3) is 0 Å². The van der Waals surface area contributed by atoms with E-state index in [0.29, 0.717) is 6.54 Å². The normalized spacial score (nSPS) is 11.4. The summed E-state index contributed by atoms with van der Waals surface area (Å²) in [6.45, 7) is 3.47. The molecular weight excluding hydrogens is 323 g/mol. The molecule has 0 aliphatic rings. The van der Waals surface area contributed by atoms with Gasteiger partial charge in [0, 0.05) is 17.8 Å². The molecule has 0 unspecified atom stereocenters. The maximum atomic E-state index is 13.2. The Bertz CT molecular complexity index is 841. The molecule has 5 nitrogen and oxygen atoms in total. The first kappa shape index (κ1) is 17.6. The van der Waals surface area contributed by atoms with Crippen molar-refractivity contribution in [3.8, 4) is 17.0 Å². The first-order valence-corrected chi connectivity index (χ1v) is 7.13. The summed E-state index contributed by atoms with van der Waals surface area (Å²) in [6, 6.07) is 4.64. The van der Waals surface area contributed by atoms with E-state index in [1.165, 1.54) is 25.1 Å². The molecule has 1 aromatic heterocycles. The highest BCUT2D eigenvalue weighted by atomic mass is 19.4. The average Bonchev–Trinajstić information content (AvgIpc) is 2.50. The quantitative estimate of drug-likeness (QED) is 0.642. The fourth-order valence-corrected chi connectivity index (χ4v) is 2.40. The number of hydrogen-bond donors (Lipinski definition) is 4. The number of aromatic nitrogens is 1. The van der Waals surface area contributed by atoms with Crippen molar-refractivity contribution in [1.29, 1.82) is 5.41 Å². The minimum absolute atomic E-state index is 0.0970. The number of rotatable bonds is 4. The molecule has 24 heavy (non-hydrogen) atoms. The van der Waals surface area contributed by atoms with Gasteiger partial charge in [-0.25, -0.2) is 0 Å². The van der Waals surface area contributed by atoms with Crippen LogP contribution >= 0.6 is 0 Å². The molecule has 8 heteroatoms. The van der Waals surface area contributed by atoms with Crippen molar-refractivity contribution in [2.24, 2.45) is 0 Å². The molecule has 128 valence electrons. The van der Waals surface area contributed by atoms with Gasteiger partial charge in [0.2, 0.25) is 5.43 Å². The lowest BCUT2D eigenvalue weighted by atomic mass is 10.0. The summed E-state index contributed by atoms with van der Waals surface area (Å²) in [5.74, 6) is -0.755. The lowest BCUT2D eigenvalue weighted by Gasteiger charge is -2.17. The molecule has 0 radical (unpaired) electrons. The molecule has 1 aromatic carbocycles. The zero-order valence-corrected chi connectivity index (χ0v) is 13.0. The fourth-order valence-electron chi connectivity index (χ4n) is 2.40. The van der Waals surface area contributed by atoms with Gasteiger partial charge >= 0.3 is 6.18 Å². The van der Waals surface area contributed by atoms with Gasteiger partial charge in [-0.3, -0.25) is 4.79 Å². The van der Waals surface area contributed by atoms with Gasteiger partial charge < -0.3 is 20.8 Å².